The van der Waals surface area contributed by atoms with Crippen molar-refractivity contribution in [2.24, 2.45) is 0 Å². The largest absolute Gasteiger partial charge is 0.508 e. The summed E-state index contributed by atoms with van der Waals surface area (Å²) in [7, 11) is 0. The van der Waals surface area contributed by atoms with Crippen LogP contribution in [0.1, 0.15) is 5.56 Å². The molecular formula is C19H12F3NO3. The van der Waals surface area contributed by atoms with Crippen molar-refractivity contribution < 1.29 is 28.2 Å². The van der Waals surface area contributed by atoms with Crippen LogP contribution < -0.4 is 4.90 Å². The highest BCUT2D eigenvalue weighted by atomic mass is 19.4. The van der Waals surface area contributed by atoms with Gasteiger partial charge in [0.1, 0.15) is 5.75 Å². The number of fused-ring (bicyclic) bond motifs is 3. The van der Waals surface area contributed by atoms with Crippen molar-refractivity contribution in [2.45, 2.75) is 11.8 Å². The minimum atomic E-state index is -5.20. The number of hydrogen-bond acceptors (Lipinski definition) is 3. The Balaban J connectivity index is 2.07. The van der Waals surface area contributed by atoms with Gasteiger partial charge in [0, 0.05) is 11.3 Å². The lowest BCUT2D eigenvalue weighted by Crippen LogP contribution is -2.49. The summed E-state index contributed by atoms with van der Waals surface area (Å²) in [6.45, 7) is 0. The molecule has 0 spiro atoms. The predicted octanol–water partition coefficient (Wildman–Crippen LogP) is 3.97. The molecular weight excluding hydrogens is 347 g/mol. The Bertz CT molecular complexity index is 1030. The standard InChI is InChI=1S/C19H12F3NO3/c20-19(21,22)18(26)16-14-4-2-1-3-11(14)5-10-15(16)23(17(18)25)12-6-8-13(24)9-7-12/h1-10,24,26H/t18-/m1/s1. The van der Waals surface area contributed by atoms with Gasteiger partial charge >= 0.3 is 6.18 Å². The monoisotopic (exact) mass is 359 g/mol. The zero-order valence-corrected chi connectivity index (χ0v) is 13.2. The van der Waals surface area contributed by atoms with Gasteiger partial charge in [-0.3, -0.25) is 9.69 Å². The molecule has 0 aliphatic carbocycles. The average molecular weight is 359 g/mol. The number of alkyl halides is 3. The van der Waals surface area contributed by atoms with Gasteiger partial charge in [-0.1, -0.05) is 30.3 Å². The summed E-state index contributed by atoms with van der Waals surface area (Å²) in [5.74, 6) is -1.59. The summed E-state index contributed by atoms with van der Waals surface area (Å²) < 4.78 is 41.5. The van der Waals surface area contributed by atoms with Gasteiger partial charge in [0.15, 0.2) is 0 Å². The van der Waals surface area contributed by atoms with Crippen molar-refractivity contribution in [2.75, 3.05) is 4.90 Å². The smallest absolute Gasteiger partial charge is 0.430 e. The second kappa shape index (κ2) is 5.22. The number of carbonyl (C=O) groups excluding carboxylic acids is 1. The van der Waals surface area contributed by atoms with Gasteiger partial charge in [0.05, 0.1) is 5.69 Å². The van der Waals surface area contributed by atoms with Crippen LogP contribution in [0.4, 0.5) is 24.5 Å². The number of aliphatic hydroxyl groups is 1. The van der Waals surface area contributed by atoms with Crippen LogP contribution in [0.25, 0.3) is 10.8 Å². The number of rotatable bonds is 1. The van der Waals surface area contributed by atoms with Crippen molar-refractivity contribution in [3.05, 3.63) is 66.2 Å². The van der Waals surface area contributed by atoms with Crippen LogP contribution >= 0.6 is 0 Å². The molecule has 1 aliphatic rings. The Morgan fingerprint density at radius 3 is 2.23 bits per heavy atom. The molecule has 132 valence electrons. The van der Waals surface area contributed by atoms with E-state index in [0.29, 0.717) is 5.39 Å². The van der Waals surface area contributed by atoms with Crippen LogP contribution in [0.3, 0.4) is 0 Å². The van der Waals surface area contributed by atoms with Gasteiger partial charge in [-0.15, -0.1) is 0 Å². The maximum atomic E-state index is 13.8. The molecule has 0 saturated carbocycles. The average Bonchev–Trinajstić information content (AvgIpc) is 2.85. The summed E-state index contributed by atoms with van der Waals surface area (Å²) in [6, 6.07) is 14.4. The van der Waals surface area contributed by atoms with E-state index in [2.05, 4.69) is 0 Å². The maximum absolute atomic E-state index is 13.8. The van der Waals surface area contributed by atoms with E-state index in [-0.39, 0.29) is 22.5 Å². The number of phenolic OH excluding ortho intramolecular Hbond substituents is 1. The quantitative estimate of drug-likeness (QED) is 0.691. The number of carbonyl (C=O) groups is 1. The molecule has 0 fully saturated rings. The Labute approximate surface area is 145 Å². The second-order valence-corrected chi connectivity index (χ2v) is 6.05. The molecule has 1 heterocycles. The van der Waals surface area contributed by atoms with Crippen molar-refractivity contribution in [1.82, 2.24) is 0 Å². The molecule has 3 aromatic rings. The molecule has 26 heavy (non-hydrogen) atoms. The number of benzene rings is 3. The van der Waals surface area contributed by atoms with Crippen LogP contribution in [0.15, 0.2) is 60.7 Å². The lowest BCUT2D eigenvalue weighted by molar-refractivity contribution is -0.252. The molecule has 0 radical (unpaired) electrons. The number of aromatic hydroxyl groups is 1. The lowest BCUT2D eigenvalue weighted by Gasteiger charge is -2.26. The summed E-state index contributed by atoms with van der Waals surface area (Å²) in [6.07, 6.45) is -5.20. The summed E-state index contributed by atoms with van der Waals surface area (Å²) in [4.78, 5) is 13.6. The molecule has 0 saturated heterocycles. The van der Waals surface area contributed by atoms with Crippen LogP contribution in [0.5, 0.6) is 5.75 Å². The SMILES string of the molecule is O=C1N(c2ccc(O)cc2)c2ccc3ccccc3c2[C@]1(O)C(F)(F)F. The van der Waals surface area contributed by atoms with E-state index in [9.17, 15) is 28.2 Å². The number of phenols is 1. The molecule has 3 aromatic carbocycles. The van der Waals surface area contributed by atoms with Gasteiger partial charge in [-0.05, 0) is 41.1 Å². The molecule has 4 nitrogen and oxygen atoms in total. The molecule has 0 unspecified atom stereocenters. The highest BCUT2D eigenvalue weighted by Gasteiger charge is 2.67. The topological polar surface area (TPSA) is 60.8 Å². The summed E-state index contributed by atoms with van der Waals surface area (Å²) >= 11 is 0. The Morgan fingerprint density at radius 1 is 0.923 bits per heavy atom. The van der Waals surface area contributed by atoms with E-state index >= 15 is 0 Å². The number of halogens is 3. The molecule has 0 aromatic heterocycles. The van der Waals surface area contributed by atoms with Crippen LogP contribution in [0, 0.1) is 0 Å². The van der Waals surface area contributed by atoms with Crippen molar-refractivity contribution in [3.63, 3.8) is 0 Å². The third-order valence-electron chi connectivity index (χ3n) is 4.54. The zero-order chi connectivity index (χ0) is 18.7. The van der Waals surface area contributed by atoms with E-state index < -0.39 is 23.2 Å². The number of amides is 1. The normalized spacial score (nSPS) is 19.8. The molecule has 1 amide bonds. The fourth-order valence-corrected chi connectivity index (χ4v) is 3.33. The fraction of sp³-hybridized carbons (Fsp3) is 0.105. The first-order valence-electron chi connectivity index (χ1n) is 7.70. The third-order valence-corrected chi connectivity index (χ3v) is 4.54. The number of hydrogen-bond donors (Lipinski definition) is 2. The predicted molar refractivity (Wildman–Crippen MR) is 89.2 cm³/mol. The molecule has 0 bridgehead atoms. The first-order valence-corrected chi connectivity index (χ1v) is 7.70. The van der Waals surface area contributed by atoms with Gasteiger partial charge in [0.25, 0.3) is 11.5 Å². The van der Waals surface area contributed by atoms with Gasteiger partial charge in [-0.25, -0.2) is 0 Å². The van der Waals surface area contributed by atoms with Crippen LogP contribution in [0.2, 0.25) is 0 Å². The van der Waals surface area contributed by atoms with Crippen molar-refractivity contribution in [1.29, 1.82) is 0 Å². The molecule has 2 N–H and O–H groups in total. The third kappa shape index (κ3) is 2.04. The minimum Gasteiger partial charge on any atom is -0.508 e. The molecule has 1 aliphatic heterocycles. The van der Waals surface area contributed by atoms with E-state index in [1.807, 2.05) is 0 Å². The van der Waals surface area contributed by atoms with E-state index in [0.717, 1.165) is 4.90 Å². The fourth-order valence-electron chi connectivity index (χ4n) is 3.33. The van der Waals surface area contributed by atoms with E-state index in [1.54, 1.807) is 24.3 Å². The van der Waals surface area contributed by atoms with Gasteiger partial charge in [-0.2, -0.15) is 13.2 Å². The Hall–Kier alpha value is -3.06. The molecule has 4 rings (SSSR count). The van der Waals surface area contributed by atoms with Crippen molar-refractivity contribution >= 4 is 28.1 Å². The maximum Gasteiger partial charge on any atom is 0.430 e. The first-order chi connectivity index (χ1) is 12.2. The highest BCUT2D eigenvalue weighted by Crippen LogP contribution is 2.54. The summed E-state index contributed by atoms with van der Waals surface area (Å²) in [5, 5.41) is 20.6. The Morgan fingerprint density at radius 2 is 1.58 bits per heavy atom. The molecule has 7 heteroatoms. The molecule has 1 atom stereocenters. The zero-order valence-electron chi connectivity index (χ0n) is 13.2. The van der Waals surface area contributed by atoms with Crippen LogP contribution in [-0.2, 0) is 10.4 Å². The van der Waals surface area contributed by atoms with Gasteiger partial charge in [0.2, 0.25) is 0 Å². The van der Waals surface area contributed by atoms with E-state index in [1.165, 1.54) is 36.4 Å². The first kappa shape index (κ1) is 16.4. The Kier molecular flexibility index (Phi) is 3.29. The second-order valence-electron chi connectivity index (χ2n) is 6.05. The summed E-state index contributed by atoms with van der Waals surface area (Å²) in [5.41, 5.74) is -4.06. The number of anilines is 2. The van der Waals surface area contributed by atoms with Crippen LogP contribution in [-0.4, -0.2) is 22.3 Å². The minimum absolute atomic E-state index is 0.0424. The number of nitrogens with zero attached hydrogens (tertiary/aromatic N) is 1. The van der Waals surface area contributed by atoms with Gasteiger partial charge < -0.3 is 10.2 Å². The van der Waals surface area contributed by atoms with E-state index in [4.69, 9.17) is 0 Å². The highest BCUT2D eigenvalue weighted by molar-refractivity contribution is 6.16. The van der Waals surface area contributed by atoms with Crippen molar-refractivity contribution in [3.8, 4) is 5.75 Å². The lowest BCUT2D eigenvalue weighted by atomic mass is 9.90.